The maximum Gasteiger partial charge on any atom is 0.416 e. The molecule has 0 saturated carbocycles. The van der Waals surface area contributed by atoms with Crippen molar-refractivity contribution in [3.63, 3.8) is 0 Å². The predicted molar refractivity (Wildman–Crippen MR) is 107 cm³/mol. The van der Waals surface area contributed by atoms with E-state index in [1.54, 1.807) is 19.1 Å². The zero-order valence-corrected chi connectivity index (χ0v) is 16.6. The van der Waals surface area contributed by atoms with E-state index < -0.39 is 17.6 Å². The molecule has 3 aromatic carbocycles. The summed E-state index contributed by atoms with van der Waals surface area (Å²) in [4.78, 5) is 0. The van der Waals surface area contributed by atoms with Crippen molar-refractivity contribution < 1.29 is 27.0 Å². The smallest absolute Gasteiger partial charge is 0.416 e. The molecule has 0 aliphatic carbocycles. The van der Waals surface area contributed by atoms with E-state index in [9.17, 15) is 17.6 Å². The predicted octanol–water partition coefficient (Wildman–Crippen LogP) is 6.86. The fraction of sp³-hybridized carbons (Fsp3) is 0.250. The van der Waals surface area contributed by atoms with Gasteiger partial charge in [-0.3, -0.25) is 0 Å². The van der Waals surface area contributed by atoms with Gasteiger partial charge in [-0.25, -0.2) is 4.39 Å². The van der Waals surface area contributed by atoms with Crippen LogP contribution >= 0.6 is 0 Å². The molecule has 30 heavy (non-hydrogen) atoms. The minimum atomic E-state index is -4.54. The van der Waals surface area contributed by atoms with Crippen LogP contribution in [0, 0.1) is 18.8 Å². The lowest BCUT2D eigenvalue weighted by Gasteiger charge is -2.19. The molecular weight excluding hydrogens is 396 g/mol. The Morgan fingerprint density at radius 3 is 2.43 bits per heavy atom. The molecule has 0 saturated heterocycles. The van der Waals surface area contributed by atoms with Crippen molar-refractivity contribution in [2.24, 2.45) is 0 Å². The fourth-order valence-electron chi connectivity index (χ4n) is 2.95. The molecule has 2 nitrogen and oxygen atoms in total. The Hall–Kier alpha value is -3.02. The molecule has 0 aromatic heterocycles. The average Bonchev–Trinajstić information content (AvgIpc) is 2.68. The summed E-state index contributed by atoms with van der Waals surface area (Å²) >= 11 is 0. The fourth-order valence-corrected chi connectivity index (χ4v) is 2.95. The molecule has 1 unspecified atom stereocenters. The first-order valence-corrected chi connectivity index (χ1v) is 9.48. The van der Waals surface area contributed by atoms with Gasteiger partial charge in [-0.2, -0.15) is 13.2 Å². The van der Waals surface area contributed by atoms with Crippen LogP contribution in [0.3, 0.4) is 0 Å². The third-order valence-electron chi connectivity index (χ3n) is 4.50. The Kier molecular flexibility index (Phi) is 6.65. The van der Waals surface area contributed by atoms with Gasteiger partial charge < -0.3 is 9.47 Å². The maximum absolute atomic E-state index is 14.3. The van der Waals surface area contributed by atoms with Gasteiger partial charge in [0.2, 0.25) is 0 Å². The summed E-state index contributed by atoms with van der Waals surface area (Å²) in [5.41, 5.74) is 0.203. The van der Waals surface area contributed by atoms with E-state index in [0.717, 1.165) is 17.7 Å². The molecule has 0 heterocycles. The molecule has 1 radical (unpaired) electrons. The van der Waals surface area contributed by atoms with Crippen molar-refractivity contribution >= 4 is 0 Å². The van der Waals surface area contributed by atoms with Gasteiger partial charge in [0.25, 0.3) is 0 Å². The zero-order valence-electron chi connectivity index (χ0n) is 16.6. The summed E-state index contributed by atoms with van der Waals surface area (Å²) < 4.78 is 65.3. The molecule has 6 heteroatoms. The Bertz CT molecular complexity index is 998. The summed E-state index contributed by atoms with van der Waals surface area (Å²) in [7, 11) is 0. The van der Waals surface area contributed by atoms with E-state index in [4.69, 9.17) is 9.47 Å². The summed E-state index contributed by atoms with van der Waals surface area (Å²) in [6, 6.07) is 17.4. The molecule has 1 atom stereocenters. The van der Waals surface area contributed by atoms with Crippen molar-refractivity contribution in [3.05, 3.63) is 83.7 Å². The number of hydrogen-bond donors (Lipinski definition) is 0. The summed E-state index contributed by atoms with van der Waals surface area (Å²) in [6.07, 6.45) is -4.42. The van der Waals surface area contributed by atoms with Crippen LogP contribution in [-0.2, 0) is 6.18 Å². The quantitative estimate of drug-likeness (QED) is 0.391. The number of hydrogen-bond acceptors (Lipinski definition) is 2. The monoisotopic (exact) mass is 417 g/mol. The largest absolute Gasteiger partial charge is 0.493 e. The van der Waals surface area contributed by atoms with Gasteiger partial charge in [0.1, 0.15) is 17.3 Å². The first-order chi connectivity index (χ1) is 14.2. The third-order valence-corrected chi connectivity index (χ3v) is 4.50. The first-order valence-electron chi connectivity index (χ1n) is 9.48. The molecule has 0 spiro atoms. The molecule has 0 fully saturated rings. The van der Waals surface area contributed by atoms with E-state index in [-0.39, 0.29) is 23.0 Å². The van der Waals surface area contributed by atoms with Crippen molar-refractivity contribution in [1.82, 2.24) is 0 Å². The van der Waals surface area contributed by atoms with Crippen molar-refractivity contribution in [2.75, 3.05) is 6.61 Å². The van der Waals surface area contributed by atoms with E-state index in [1.165, 1.54) is 24.3 Å². The summed E-state index contributed by atoms with van der Waals surface area (Å²) in [6.45, 7) is 4.04. The van der Waals surface area contributed by atoms with Crippen LogP contribution in [0.15, 0.2) is 60.7 Å². The molecule has 0 bridgehead atoms. The highest BCUT2D eigenvalue weighted by Gasteiger charge is 2.31. The topological polar surface area (TPSA) is 18.5 Å². The van der Waals surface area contributed by atoms with Crippen LogP contribution in [0.4, 0.5) is 17.6 Å². The highest BCUT2D eigenvalue weighted by Crippen LogP contribution is 2.38. The maximum atomic E-state index is 14.3. The molecular formula is C24H21F4O2. The van der Waals surface area contributed by atoms with Gasteiger partial charge >= 0.3 is 6.18 Å². The summed E-state index contributed by atoms with van der Waals surface area (Å²) in [5.74, 6) is 0.180. The number of ether oxygens (including phenoxy) is 2. The second-order valence-corrected chi connectivity index (χ2v) is 6.95. The Morgan fingerprint density at radius 1 is 0.967 bits per heavy atom. The second-order valence-electron chi connectivity index (χ2n) is 6.95. The van der Waals surface area contributed by atoms with E-state index in [1.807, 2.05) is 19.1 Å². The third kappa shape index (κ3) is 5.53. The standard InChI is InChI=1S/C24H21F4O2/c1-16-6-5-7-19(14-16)29-13-12-17(2)30-23-11-10-18(24(26,27)28)15-21(23)20-8-3-4-9-22(20)25/h3-11,15,17H,12-13H2,1-2H3. The molecule has 0 N–H and O–H groups in total. The zero-order chi connectivity index (χ0) is 21.7. The highest BCUT2D eigenvalue weighted by molar-refractivity contribution is 5.72. The van der Waals surface area contributed by atoms with E-state index >= 15 is 0 Å². The lowest BCUT2D eigenvalue weighted by Crippen LogP contribution is -2.16. The van der Waals surface area contributed by atoms with Gasteiger partial charge in [0.05, 0.1) is 18.3 Å². The average molecular weight is 417 g/mol. The Morgan fingerprint density at radius 2 is 1.73 bits per heavy atom. The van der Waals surface area contributed by atoms with E-state index in [0.29, 0.717) is 18.8 Å². The van der Waals surface area contributed by atoms with Crippen molar-refractivity contribution in [2.45, 2.75) is 32.5 Å². The number of benzene rings is 3. The highest BCUT2D eigenvalue weighted by atomic mass is 19.4. The van der Waals surface area contributed by atoms with Gasteiger partial charge in [0, 0.05) is 23.6 Å². The van der Waals surface area contributed by atoms with Crippen LogP contribution in [0.2, 0.25) is 0 Å². The normalized spacial score (nSPS) is 12.5. The molecule has 3 aromatic rings. The van der Waals surface area contributed by atoms with Crippen LogP contribution in [0.5, 0.6) is 11.5 Å². The van der Waals surface area contributed by atoms with Crippen LogP contribution in [0.25, 0.3) is 11.1 Å². The molecule has 0 aliphatic rings. The molecule has 157 valence electrons. The second kappa shape index (κ2) is 9.20. The van der Waals surface area contributed by atoms with E-state index in [2.05, 4.69) is 6.07 Å². The van der Waals surface area contributed by atoms with Crippen molar-refractivity contribution in [1.29, 1.82) is 0 Å². The SMILES string of the molecule is Cc1[c]c(OCCC(C)Oc2ccc(C(F)(F)F)cc2-c2ccccc2F)ccc1. The Balaban J connectivity index is 1.76. The minimum absolute atomic E-state index is 0.0522. The number of halogens is 4. The van der Waals surface area contributed by atoms with Crippen molar-refractivity contribution in [3.8, 4) is 22.6 Å². The van der Waals surface area contributed by atoms with Crippen LogP contribution in [-0.4, -0.2) is 12.7 Å². The van der Waals surface area contributed by atoms with Crippen LogP contribution in [0.1, 0.15) is 24.5 Å². The Labute approximate surface area is 173 Å². The molecule has 3 rings (SSSR count). The van der Waals surface area contributed by atoms with Gasteiger partial charge in [-0.05, 0) is 49.7 Å². The van der Waals surface area contributed by atoms with Gasteiger partial charge in [-0.15, -0.1) is 0 Å². The minimum Gasteiger partial charge on any atom is -0.493 e. The lowest BCUT2D eigenvalue weighted by molar-refractivity contribution is -0.137. The van der Waals surface area contributed by atoms with Gasteiger partial charge in [-0.1, -0.05) is 30.3 Å². The first kappa shape index (κ1) is 21.7. The lowest BCUT2D eigenvalue weighted by atomic mass is 10.0. The number of aryl methyl sites for hydroxylation is 1. The number of alkyl halides is 3. The summed E-state index contributed by atoms with van der Waals surface area (Å²) in [5, 5.41) is 0. The van der Waals surface area contributed by atoms with Crippen LogP contribution < -0.4 is 9.47 Å². The van der Waals surface area contributed by atoms with Gasteiger partial charge in [0.15, 0.2) is 0 Å². The number of rotatable bonds is 7. The molecule has 0 aliphatic heterocycles. The molecule has 0 amide bonds.